The number of hydrogen-bond donors (Lipinski definition) is 2. The highest BCUT2D eigenvalue weighted by Crippen LogP contribution is 2.25. The molecular formula is C16H23NOS. The average Bonchev–Trinajstić information content (AvgIpc) is 2.83. The summed E-state index contributed by atoms with van der Waals surface area (Å²) in [4.78, 5) is 0. The number of aliphatic hydroxyl groups excluding tert-OH is 1. The second kappa shape index (κ2) is 7.63. The lowest BCUT2D eigenvalue weighted by Gasteiger charge is -2.15. The Bertz CT molecular complexity index is 488. The van der Waals surface area contributed by atoms with Crippen LogP contribution in [0.1, 0.15) is 31.7 Å². The minimum Gasteiger partial charge on any atom is -0.396 e. The Kier molecular flexibility index (Phi) is 5.83. The molecule has 19 heavy (non-hydrogen) atoms. The molecule has 0 fully saturated rings. The fourth-order valence-electron chi connectivity index (χ4n) is 2.52. The Morgan fingerprint density at radius 3 is 2.89 bits per heavy atom. The van der Waals surface area contributed by atoms with Gasteiger partial charge in [-0.05, 0) is 47.7 Å². The standard InChI is InChI=1S/C16H23NOS/c1-2-5-13(8-9-18)10-17-11-14-12-19-16-7-4-3-6-15(14)16/h3-4,6-7,12-13,17-18H,2,5,8-11H2,1H3. The normalized spacial score (nSPS) is 12.9. The Balaban J connectivity index is 1.88. The molecule has 1 aromatic carbocycles. The van der Waals surface area contributed by atoms with E-state index in [4.69, 9.17) is 5.11 Å². The van der Waals surface area contributed by atoms with Crippen LogP contribution >= 0.6 is 11.3 Å². The molecule has 2 N–H and O–H groups in total. The first-order chi connectivity index (χ1) is 9.35. The van der Waals surface area contributed by atoms with Crippen molar-refractivity contribution in [2.75, 3.05) is 13.2 Å². The van der Waals surface area contributed by atoms with Gasteiger partial charge in [0.1, 0.15) is 0 Å². The largest absolute Gasteiger partial charge is 0.396 e. The topological polar surface area (TPSA) is 32.3 Å². The van der Waals surface area contributed by atoms with Gasteiger partial charge in [0.05, 0.1) is 0 Å². The van der Waals surface area contributed by atoms with Crippen LogP contribution < -0.4 is 5.32 Å². The van der Waals surface area contributed by atoms with Gasteiger partial charge in [0.2, 0.25) is 0 Å². The molecule has 0 aliphatic carbocycles. The van der Waals surface area contributed by atoms with E-state index in [-0.39, 0.29) is 0 Å². The van der Waals surface area contributed by atoms with E-state index in [0.717, 1.165) is 19.5 Å². The smallest absolute Gasteiger partial charge is 0.0434 e. The summed E-state index contributed by atoms with van der Waals surface area (Å²) in [5.41, 5.74) is 1.39. The van der Waals surface area contributed by atoms with Crippen LogP contribution in [-0.2, 0) is 6.54 Å². The predicted octanol–water partition coefficient (Wildman–Crippen LogP) is 3.79. The fraction of sp³-hybridized carbons (Fsp3) is 0.500. The third-order valence-corrected chi connectivity index (χ3v) is 4.56. The summed E-state index contributed by atoms with van der Waals surface area (Å²) in [7, 11) is 0. The monoisotopic (exact) mass is 277 g/mol. The van der Waals surface area contributed by atoms with Crippen molar-refractivity contribution in [2.24, 2.45) is 5.92 Å². The quantitative estimate of drug-likeness (QED) is 0.769. The van der Waals surface area contributed by atoms with Crippen LogP contribution in [-0.4, -0.2) is 18.3 Å². The van der Waals surface area contributed by atoms with E-state index < -0.39 is 0 Å². The molecule has 104 valence electrons. The summed E-state index contributed by atoms with van der Waals surface area (Å²) in [6, 6.07) is 8.56. The van der Waals surface area contributed by atoms with E-state index in [1.54, 1.807) is 0 Å². The van der Waals surface area contributed by atoms with Crippen LogP contribution in [0.3, 0.4) is 0 Å². The molecule has 2 aromatic rings. The minimum atomic E-state index is 0.299. The molecule has 0 bridgehead atoms. The number of benzene rings is 1. The lowest BCUT2D eigenvalue weighted by molar-refractivity contribution is 0.248. The van der Waals surface area contributed by atoms with Crippen LogP contribution in [0.4, 0.5) is 0 Å². The van der Waals surface area contributed by atoms with E-state index in [9.17, 15) is 0 Å². The van der Waals surface area contributed by atoms with Gasteiger partial charge < -0.3 is 10.4 Å². The highest BCUT2D eigenvalue weighted by atomic mass is 32.1. The first kappa shape index (κ1) is 14.5. The van der Waals surface area contributed by atoms with Crippen molar-refractivity contribution in [3.63, 3.8) is 0 Å². The molecule has 0 saturated heterocycles. The highest BCUT2D eigenvalue weighted by molar-refractivity contribution is 7.17. The van der Waals surface area contributed by atoms with Gasteiger partial charge in [-0.25, -0.2) is 0 Å². The summed E-state index contributed by atoms with van der Waals surface area (Å²) in [6.45, 7) is 4.43. The van der Waals surface area contributed by atoms with Crippen molar-refractivity contribution in [1.29, 1.82) is 0 Å². The SMILES string of the molecule is CCCC(CCO)CNCc1csc2ccccc12. The Morgan fingerprint density at radius 2 is 2.11 bits per heavy atom. The van der Waals surface area contributed by atoms with Gasteiger partial charge in [0.15, 0.2) is 0 Å². The number of fused-ring (bicyclic) bond motifs is 1. The second-order valence-corrected chi connectivity index (χ2v) is 5.97. The van der Waals surface area contributed by atoms with Crippen LogP contribution in [0.15, 0.2) is 29.6 Å². The zero-order chi connectivity index (χ0) is 13.5. The maximum atomic E-state index is 9.06. The first-order valence-corrected chi connectivity index (χ1v) is 7.99. The van der Waals surface area contributed by atoms with E-state index in [1.165, 1.54) is 28.5 Å². The van der Waals surface area contributed by atoms with Crippen molar-refractivity contribution in [3.8, 4) is 0 Å². The van der Waals surface area contributed by atoms with Crippen LogP contribution in [0.2, 0.25) is 0 Å². The average molecular weight is 277 g/mol. The van der Waals surface area contributed by atoms with Gasteiger partial charge >= 0.3 is 0 Å². The molecular weight excluding hydrogens is 254 g/mol. The first-order valence-electron chi connectivity index (χ1n) is 7.11. The molecule has 3 heteroatoms. The van der Waals surface area contributed by atoms with Crippen molar-refractivity contribution in [2.45, 2.75) is 32.7 Å². The zero-order valence-corrected chi connectivity index (χ0v) is 12.4. The van der Waals surface area contributed by atoms with Gasteiger partial charge in [0, 0.05) is 17.9 Å². The zero-order valence-electron chi connectivity index (χ0n) is 11.6. The molecule has 1 heterocycles. The van der Waals surface area contributed by atoms with E-state index >= 15 is 0 Å². The lowest BCUT2D eigenvalue weighted by atomic mass is 10.0. The maximum absolute atomic E-state index is 9.06. The molecule has 2 rings (SSSR count). The molecule has 0 saturated carbocycles. The minimum absolute atomic E-state index is 0.299. The summed E-state index contributed by atoms with van der Waals surface area (Å²) < 4.78 is 1.36. The maximum Gasteiger partial charge on any atom is 0.0434 e. The predicted molar refractivity (Wildman–Crippen MR) is 83.6 cm³/mol. The van der Waals surface area contributed by atoms with Gasteiger partial charge in [-0.15, -0.1) is 11.3 Å². The van der Waals surface area contributed by atoms with Crippen molar-refractivity contribution in [1.82, 2.24) is 5.32 Å². The summed E-state index contributed by atoms with van der Waals surface area (Å²) in [5, 5.41) is 16.2. The van der Waals surface area contributed by atoms with Gasteiger partial charge in [0.25, 0.3) is 0 Å². The number of rotatable bonds is 8. The Labute approximate surface area is 119 Å². The lowest BCUT2D eigenvalue weighted by Crippen LogP contribution is -2.23. The number of nitrogens with one attached hydrogen (secondary N) is 1. The molecule has 0 aliphatic heterocycles. The van der Waals surface area contributed by atoms with Crippen molar-refractivity contribution >= 4 is 21.4 Å². The molecule has 2 nitrogen and oxygen atoms in total. The van der Waals surface area contributed by atoms with Crippen LogP contribution in [0.5, 0.6) is 0 Å². The molecule has 1 atom stereocenters. The Morgan fingerprint density at radius 1 is 1.26 bits per heavy atom. The van der Waals surface area contributed by atoms with E-state index in [1.807, 2.05) is 11.3 Å². The molecule has 1 unspecified atom stereocenters. The van der Waals surface area contributed by atoms with Crippen LogP contribution in [0, 0.1) is 5.92 Å². The second-order valence-electron chi connectivity index (χ2n) is 5.05. The van der Waals surface area contributed by atoms with E-state index in [0.29, 0.717) is 12.5 Å². The molecule has 1 aromatic heterocycles. The number of thiophene rings is 1. The summed E-state index contributed by atoms with van der Waals surface area (Å²) in [6.07, 6.45) is 3.29. The van der Waals surface area contributed by atoms with Gasteiger partial charge in [-0.1, -0.05) is 31.5 Å². The van der Waals surface area contributed by atoms with E-state index in [2.05, 4.69) is 41.9 Å². The van der Waals surface area contributed by atoms with Gasteiger partial charge in [-0.2, -0.15) is 0 Å². The highest BCUT2D eigenvalue weighted by Gasteiger charge is 2.08. The molecule has 0 aliphatic rings. The van der Waals surface area contributed by atoms with Gasteiger partial charge in [-0.3, -0.25) is 0 Å². The number of aliphatic hydroxyl groups is 1. The fourth-order valence-corrected chi connectivity index (χ4v) is 3.48. The summed E-state index contributed by atoms with van der Waals surface area (Å²) in [5.74, 6) is 0.597. The van der Waals surface area contributed by atoms with Crippen molar-refractivity contribution in [3.05, 3.63) is 35.2 Å². The Hall–Kier alpha value is -0.900. The van der Waals surface area contributed by atoms with Crippen LogP contribution in [0.25, 0.3) is 10.1 Å². The summed E-state index contributed by atoms with van der Waals surface area (Å²) >= 11 is 1.81. The number of hydrogen-bond acceptors (Lipinski definition) is 3. The molecule has 0 spiro atoms. The molecule has 0 radical (unpaired) electrons. The van der Waals surface area contributed by atoms with Crippen molar-refractivity contribution < 1.29 is 5.11 Å². The third kappa shape index (κ3) is 4.03. The molecule has 0 amide bonds. The third-order valence-electron chi connectivity index (χ3n) is 3.54.